The van der Waals surface area contributed by atoms with Gasteiger partial charge in [-0.3, -0.25) is 4.79 Å². The highest BCUT2D eigenvalue weighted by molar-refractivity contribution is 8.03. The molecule has 1 aromatic heterocycles. The molecular formula is C21H26N4O2S. The van der Waals surface area contributed by atoms with Crippen molar-refractivity contribution in [2.45, 2.75) is 30.6 Å². The number of hydrogen-bond donors (Lipinski definition) is 2. The molecule has 2 heterocycles. The van der Waals surface area contributed by atoms with Gasteiger partial charge in [0.15, 0.2) is 0 Å². The lowest BCUT2D eigenvalue weighted by Gasteiger charge is -2.27. The molecule has 1 aliphatic rings. The van der Waals surface area contributed by atoms with Crippen molar-refractivity contribution in [3.63, 3.8) is 0 Å². The highest BCUT2D eigenvalue weighted by Crippen LogP contribution is 2.32. The summed E-state index contributed by atoms with van der Waals surface area (Å²) in [6, 6.07) is 9.34. The number of nitrogens with zero attached hydrogens (tertiary/aromatic N) is 2. The van der Waals surface area contributed by atoms with Gasteiger partial charge in [-0.15, -0.1) is 0 Å². The Kier molecular flexibility index (Phi) is 6.81. The van der Waals surface area contributed by atoms with E-state index in [2.05, 4.69) is 21.8 Å². The van der Waals surface area contributed by atoms with Crippen molar-refractivity contribution in [3.05, 3.63) is 53.7 Å². The third-order valence-electron chi connectivity index (χ3n) is 4.59. The van der Waals surface area contributed by atoms with Crippen molar-refractivity contribution in [2.24, 2.45) is 0 Å². The molecule has 1 amide bonds. The van der Waals surface area contributed by atoms with Crippen LogP contribution in [0.25, 0.3) is 0 Å². The summed E-state index contributed by atoms with van der Waals surface area (Å²) in [5.74, 6) is 1.56. The minimum atomic E-state index is -0.133. The first-order chi connectivity index (χ1) is 13.5. The molecule has 1 aliphatic heterocycles. The van der Waals surface area contributed by atoms with Gasteiger partial charge in [0, 0.05) is 29.9 Å². The fourth-order valence-corrected chi connectivity index (χ4v) is 3.90. The van der Waals surface area contributed by atoms with E-state index in [1.54, 1.807) is 25.4 Å². The molecule has 3 rings (SSSR count). The summed E-state index contributed by atoms with van der Waals surface area (Å²) in [7, 11) is 1.60. The molecule has 0 bridgehead atoms. The van der Waals surface area contributed by atoms with Gasteiger partial charge in [0.25, 0.3) is 0 Å². The molecule has 3 N–H and O–H groups in total. The molecule has 0 unspecified atom stereocenters. The second kappa shape index (κ2) is 9.50. The van der Waals surface area contributed by atoms with Crippen molar-refractivity contribution in [2.75, 3.05) is 30.8 Å². The van der Waals surface area contributed by atoms with E-state index in [-0.39, 0.29) is 12.3 Å². The molecule has 148 valence electrons. The van der Waals surface area contributed by atoms with Gasteiger partial charge in [-0.2, -0.15) is 0 Å². The van der Waals surface area contributed by atoms with Crippen molar-refractivity contribution in [1.82, 2.24) is 10.3 Å². The molecule has 1 aromatic carbocycles. The number of nitrogens with two attached hydrogens (primary N) is 1. The van der Waals surface area contributed by atoms with Crippen molar-refractivity contribution in [1.29, 1.82) is 0 Å². The topological polar surface area (TPSA) is 80.5 Å². The Labute approximate surface area is 170 Å². The van der Waals surface area contributed by atoms with Gasteiger partial charge in [-0.25, -0.2) is 4.98 Å². The summed E-state index contributed by atoms with van der Waals surface area (Å²) >= 11 is 1.31. The number of carbonyl (C=O) groups excluding carboxylic acids is 1. The van der Waals surface area contributed by atoms with E-state index in [4.69, 9.17) is 10.5 Å². The number of piperidine rings is 1. The lowest BCUT2D eigenvalue weighted by Crippen LogP contribution is -2.30. The Morgan fingerprint density at radius 1 is 1.29 bits per heavy atom. The van der Waals surface area contributed by atoms with Crippen LogP contribution < -0.4 is 20.7 Å². The number of amides is 1. The minimum Gasteiger partial charge on any atom is -0.497 e. The summed E-state index contributed by atoms with van der Waals surface area (Å²) in [6.07, 6.45) is 5.74. The third kappa shape index (κ3) is 5.42. The molecule has 0 spiro atoms. The SMILES string of the molecule is C=C(NC(=O)Cc1ccc(N2CCCCC2)nc1)Sc1cc(OC)ccc1N. The second-order valence-electron chi connectivity index (χ2n) is 6.73. The van der Waals surface area contributed by atoms with Crippen molar-refractivity contribution < 1.29 is 9.53 Å². The van der Waals surface area contributed by atoms with E-state index in [0.717, 1.165) is 29.4 Å². The van der Waals surface area contributed by atoms with Crippen LogP contribution in [0.3, 0.4) is 0 Å². The molecule has 1 saturated heterocycles. The quantitative estimate of drug-likeness (QED) is 0.548. The van der Waals surface area contributed by atoms with E-state index in [1.165, 1.54) is 31.0 Å². The Balaban J connectivity index is 1.52. The first kappa shape index (κ1) is 20.1. The number of rotatable bonds is 7. The van der Waals surface area contributed by atoms with Gasteiger partial charge in [0.1, 0.15) is 11.6 Å². The van der Waals surface area contributed by atoms with Gasteiger partial charge in [0.2, 0.25) is 5.91 Å². The number of nitrogen functional groups attached to an aromatic ring is 1. The summed E-state index contributed by atoms with van der Waals surface area (Å²) in [5, 5.41) is 3.33. The largest absolute Gasteiger partial charge is 0.497 e. The first-order valence-electron chi connectivity index (χ1n) is 9.35. The van der Waals surface area contributed by atoms with E-state index in [1.807, 2.05) is 18.2 Å². The zero-order chi connectivity index (χ0) is 19.9. The lowest BCUT2D eigenvalue weighted by atomic mass is 10.1. The summed E-state index contributed by atoms with van der Waals surface area (Å²) < 4.78 is 5.21. The molecule has 0 saturated carbocycles. The minimum absolute atomic E-state index is 0.133. The highest BCUT2D eigenvalue weighted by Gasteiger charge is 2.13. The number of ether oxygens (including phenoxy) is 1. The van der Waals surface area contributed by atoms with Crippen LogP contribution in [0.5, 0.6) is 5.75 Å². The second-order valence-corrected chi connectivity index (χ2v) is 7.86. The number of anilines is 2. The van der Waals surface area contributed by atoms with Gasteiger partial charge in [0.05, 0.1) is 18.6 Å². The number of benzene rings is 1. The third-order valence-corrected chi connectivity index (χ3v) is 5.51. The van der Waals surface area contributed by atoms with Crippen molar-refractivity contribution >= 4 is 29.2 Å². The molecule has 1 fully saturated rings. The Hall–Kier alpha value is -2.67. The normalized spacial score (nSPS) is 13.8. The zero-order valence-electron chi connectivity index (χ0n) is 16.1. The van der Waals surface area contributed by atoms with Crippen LogP contribution >= 0.6 is 11.8 Å². The predicted molar refractivity (Wildman–Crippen MR) is 115 cm³/mol. The number of carbonyl (C=O) groups is 1. The Morgan fingerprint density at radius 2 is 2.07 bits per heavy atom. The predicted octanol–water partition coefficient (Wildman–Crippen LogP) is 3.58. The fraction of sp³-hybridized carbons (Fsp3) is 0.333. The van der Waals surface area contributed by atoms with E-state index in [9.17, 15) is 4.79 Å². The fourth-order valence-electron chi connectivity index (χ4n) is 3.10. The van der Waals surface area contributed by atoms with E-state index >= 15 is 0 Å². The molecule has 6 nitrogen and oxygen atoms in total. The van der Waals surface area contributed by atoms with Crippen LogP contribution in [0.2, 0.25) is 0 Å². The van der Waals surface area contributed by atoms with Crippen LogP contribution in [-0.2, 0) is 11.2 Å². The molecule has 0 radical (unpaired) electrons. The van der Waals surface area contributed by atoms with Gasteiger partial charge in [-0.05, 0) is 49.1 Å². The summed E-state index contributed by atoms with van der Waals surface area (Å²) in [6.45, 7) is 6.02. The average Bonchev–Trinajstić information content (AvgIpc) is 2.70. The number of thioether (sulfide) groups is 1. The molecule has 28 heavy (non-hydrogen) atoms. The van der Waals surface area contributed by atoms with Crippen molar-refractivity contribution in [3.8, 4) is 5.75 Å². The van der Waals surface area contributed by atoms with E-state index in [0.29, 0.717) is 16.5 Å². The van der Waals surface area contributed by atoms with E-state index < -0.39 is 0 Å². The van der Waals surface area contributed by atoms with Crippen LogP contribution in [0.15, 0.2) is 53.0 Å². The lowest BCUT2D eigenvalue weighted by molar-refractivity contribution is -0.119. The molecular weight excluding hydrogens is 372 g/mol. The summed E-state index contributed by atoms with van der Waals surface area (Å²) in [5.41, 5.74) is 7.46. The maximum absolute atomic E-state index is 12.3. The number of aromatic nitrogens is 1. The van der Waals surface area contributed by atoms with Crippen LogP contribution in [0.4, 0.5) is 11.5 Å². The van der Waals surface area contributed by atoms with Gasteiger partial charge >= 0.3 is 0 Å². The molecule has 0 atom stereocenters. The maximum Gasteiger partial charge on any atom is 0.229 e. The first-order valence-corrected chi connectivity index (χ1v) is 10.2. The summed E-state index contributed by atoms with van der Waals surface area (Å²) in [4.78, 5) is 19.9. The van der Waals surface area contributed by atoms with Crippen LogP contribution in [0, 0.1) is 0 Å². The number of methoxy groups -OCH3 is 1. The zero-order valence-corrected chi connectivity index (χ0v) is 16.9. The maximum atomic E-state index is 12.3. The highest BCUT2D eigenvalue weighted by atomic mass is 32.2. The van der Waals surface area contributed by atoms with Crippen LogP contribution in [0.1, 0.15) is 24.8 Å². The smallest absolute Gasteiger partial charge is 0.229 e. The average molecular weight is 399 g/mol. The Morgan fingerprint density at radius 3 is 2.75 bits per heavy atom. The number of nitrogens with one attached hydrogen (secondary N) is 1. The van der Waals surface area contributed by atoms with Gasteiger partial charge in [-0.1, -0.05) is 24.4 Å². The molecule has 2 aromatic rings. The van der Waals surface area contributed by atoms with Crippen LogP contribution in [-0.4, -0.2) is 31.1 Å². The molecule has 7 heteroatoms. The Bertz CT molecular complexity index is 833. The molecule has 0 aliphatic carbocycles. The monoisotopic (exact) mass is 398 g/mol. The number of hydrogen-bond acceptors (Lipinski definition) is 6. The number of pyridine rings is 1. The van der Waals surface area contributed by atoms with Gasteiger partial charge < -0.3 is 20.7 Å². The standard InChI is InChI=1S/C21H26N4O2S/c1-15(28-19-13-17(27-2)7-8-18(19)22)24-21(26)12-16-6-9-20(23-14-16)25-10-4-3-5-11-25/h6-9,13-14H,1,3-5,10-12,22H2,2H3,(H,24,26).